The third-order valence-electron chi connectivity index (χ3n) is 3.74. The number of hydrogen-bond donors (Lipinski definition) is 0. The van der Waals surface area contributed by atoms with Crippen molar-refractivity contribution in [3.8, 4) is 11.1 Å². The van der Waals surface area contributed by atoms with Crippen molar-refractivity contribution in [2.24, 2.45) is 5.41 Å². The minimum absolute atomic E-state index is 0.187. The highest BCUT2D eigenvalue weighted by molar-refractivity contribution is 6.48. The van der Waals surface area contributed by atoms with Crippen LogP contribution < -0.4 is 0 Å². The van der Waals surface area contributed by atoms with E-state index in [0.717, 1.165) is 16.7 Å². The Morgan fingerprint density at radius 3 is 2.29 bits per heavy atom. The Labute approximate surface area is 145 Å². The Morgan fingerprint density at radius 2 is 1.79 bits per heavy atom. The molecule has 1 aromatic carbocycles. The average molecular weight is 346 g/mol. The van der Waals surface area contributed by atoms with Gasteiger partial charge in [0.1, 0.15) is 0 Å². The summed E-state index contributed by atoms with van der Waals surface area (Å²) in [6, 6.07) is 9.90. The molecular formula is C19H26O4Si. The second-order valence-electron chi connectivity index (χ2n) is 7.18. The quantitative estimate of drug-likeness (QED) is 0.575. The minimum atomic E-state index is -1.34. The van der Waals surface area contributed by atoms with Crippen molar-refractivity contribution in [3.63, 3.8) is 0 Å². The zero-order chi connectivity index (χ0) is 17.9. The number of carbonyl (C=O) groups is 1. The molecule has 1 heterocycles. The Morgan fingerprint density at radius 1 is 1.17 bits per heavy atom. The van der Waals surface area contributed by atoms with Crippen molar-refractivity contribution in [1.82, 2.24) is 0 Å². The first kappa shape index (κ1) is 18.5. The van der Waals surface area contributed by atoms with Gasteiger partial charge in [-0.25, -0.2) is 4.79 Å². The predicted octanol–water partition coefficient (Wildman–Crippen LogP) is 4.82. The second-order valence-corrected chi connectivity index (χ2v) is 9.55. The fourth-order valence-electron chi connectivity index (χ4n) is 2.70. The first-order chi connectivity index (χ1) is 11.3. The van der Waals surface area contributed by atoms with Crippen LogP contribution in [0.15, 0.2) is 41.0 Å². The monoisotopic (exact) mass is 346 g/mol. The Kier molecular flexibility index (Phi) is 5.67. The molecule has 0 N–H and O–H groups in total. The van der Waals surface area contributed by atoms with E-state index in [4.69, 9.17) is 13.6 Å². The molecule has 2 aromatic rings. The van der Waals surface area contributed by atoms with E-state index in [0.29, 0.717) is 0 Å². The summed E-state index contributed by atoms with van der Waals surface area (Å²) in [4.78, 5) is 12.2. The molecule has 5 heteroatoms. The molecule has 0 fully saturated rings. The number of carbonyl (C=O) groups excluding carboxylic acids is 1. The standard InChI is InChI=1S/C19H26O4Si/c1-19(2,3)17(23-24(5)6)15-14(13-10-8-7-9-11-13)12-22-16(15)18(20)21-4/h7-12,17,24H,1-6H3. The van der Waals surface area contributed by atoms with Crippen molar-refractivity contribution in [2.45, 2.75) is 40.0 Å². The fraction of sp³-hybridized carbons (Fsp3) is 0.421. The van der Waals surface area contributed by atoms with Crippen LogP contribution in [0.25, 0.3) is 11.1 Å². The Hall–Kier alpha value is -1.85. The maximum absolute atomic E-state index is 12.2. The van der Waals surface area contributed by atoms with Crippen LogP contribution in [0, 0.1) is 5.41 Å². The summed E-state index contributed by atoms with van der Waals surface area (Å²) in [5.74, 6) is -0.249. The molecule has 1 unspecified atom stereocenters. The smallest absolute Gasteiger partial charge is 0.374 e. The van der Waals surface area contributed by atoms with Crippen molar-refractivity contribution in [1.29, 1.82) is 0 Å². The minimum Gasteiger partial charge on any atom is -0.463 e. The fourth-order valence-corrected chi connectivity index (χ4v) is 3.79. The molecule has 24 heavy (non-hydrogen) atoms. The molecule has 0 aliphatic carbocycles. The summed E-state index contributed by atoms with van der Waals surface area (Å²) in [7, 11) is 0.0199. The summed E-state index contributed by atoms with van der Waals surface area (Å²) in [6.07, 6.45) is 1.38. The van der Waals surface area contributed by atoms with E-state index in [2.05, 4.69) is 33.9 Å². The summed E-state index contributed by atoms with van der Waals surface area (Å²) in [5.41, 5.74) is 2.47. The number of esters is 1. The lowest BCUT2D eigenvalue weighted by Gasteiger charge is -2.33. The third kappa shape index (κ3) is 3.97. The molecule has 4 nitrogen and oxygen atoms in total. The van der Waals surface area contributed by atoms with E-state index >= 15 is 0 Å². The number of rotatable bonds is 5. The number of ether oxygens (including phenoxy) is 1. The van der Waals surface area contributed by atoms with E-state index in [1.54, 1.807) is 6.26 Å². The molecular weight excluding hydrogens is 320 g/mol. The van der Waals surface area contributed by atoms with Gasteiger partial charge in [0.25, 0.3) is 0 Å². The van der Waals surface area contributed by atoms with Gasteiger partial charge in [-0.05, 0) is 24.1 Å². The SMILES string of the molecule is COC(=O)c1occ(-c2ccccc2)c1C(O[SiH](C)C)C(C)(C)C. The van der Waals surface area contributed by atoms with Gasteiger partial charge in [-0.15, -0.1) is 0 Å². The van der Waals surface area contributed by atoms with Crippen LogP contribution in [-0.4, -0.2) is 22.1 Å². The topological polar surface area (TPSA) is 48.7 Å². The lowest BCUT2D eigenvalue weighted by atomic mass is 9.82. The highest BCUT2D eigenvalue weighted by atomic mass is 28.3. The molecule has 2 rings (SSSR count). The van der Waals surface area contributed by atoms with Crippen LogP contribution in [0.1, 0.15) is 43.0 Å². The summed E-state index contributed by atoms with van der Waals surface area (Å²) in [5, 5.41) is 0. The molecule has 0 radical (unpaired) electrons. The number of benzene rings is 1. The molecule has 0 saturated carbocycles. The van der Waals surface area contributed by atoms with Gasteiger partial charge in [0, 0.05) is 11.1 Å². The van der Waals surface area contributed by atoms with Crippen LogP contribution in [-0.2, 0) is 9.16 Å². The molecule has 130 valence electrons. The van der Waals surface area contributed by atoms with Gasteiger partial charge < -0.3 is 13.6 Å². The van der Waals surface area contributed by atoms with Crippen LogP contribution >= 0.6 is 0 Å². The summed E-state index contributed by atoms with van der Waals surface area (Å²) in [6.45, 7) is 10.6. The van der Waals surface area contributed by atoms with Crippen LogP contribution in [0.3, 0.4) is 0 Å². The Balaban J connectivity index is 2.67. The Bertz CT molecular complexity index is 683. The van der Waals surface area contributed by atoms with Crippen LogP contribution in [0.2, 0.25) is 13.1 Å². The van der Waals surface area contributed by atoms with Crippen LogP contribution in [0.5, 0.6) is 0 Å². The van der Waals surface area contributed by atoms with E-state index in [1.807, 2.05) is 30.3 Å². The second kappa shape index (κ2) is 7.36. The maximum Gasteiger partial charge on any atom is 0.374 e. The largest absolute Gasteiger partial charge is 0.463 e. The normalized spacial score (nSPS) is 13.1. The van der Waals surface area contributed by atoms with Crippen molar-refractivity contribution >= 4 is 15.0 Å². The first-order valence-electron chi connectivity index (χ1n) is 8.16. The molecule has 0 aliphatic rings. The zero-order valence-electron chi connectivity index (χ0n) is 15.3. The summed E-state index contributed by atoms with van der Waals surface area (Å²) >= 11 is 0. The van der Waals surface area contributed by atoms with Gasteiger partial charge in [-0.3, -0.25) is 0 Å². The van der Waals surface area contributed by atoms with Gasteiger partial charge in [0.05, 0.1) is 19.5 Å². The first-order valence-corrected chi connectivity index (χ1v) is 10.9. The van der Waals surface area contributed by atoms with Crippen LogP contribution in [0.4, 0.5) is 0 Å². The zero-order valence-corrected chi connectivity index (χ0v) is 16.4. The number of furan rings is 1. The molecule has 0 spiro atoms. The van der Waals surface area contributed by atoms with E-state index in [9.17, 15) is 4.79 Å². The van der Waals surface area contributed by atoms with Crippen molar-refractivity contribution in [3.05, 3.63) is 47.9 Å². The van der Waals surface area contributed by atoms with Gasteiger partial charge in [0.15, 0.2) is 9.04 Å². The molecule has 1 aromatic heterocycles. The molecule has 1 atom stereocenters. The predicted molar refractivity (Wildman–Crippen MR) is 97.6 cm³/mol. The van der Waals surface area contributed by atoms with Gasteiger partial charge in [0.2, 0.25) is 5.76 Å². The van der Waals surface area contributed by atoms with Gasteiger partial charge in [-0.2, -0.15) is 0 Å². The van der Waals surface area contributed by atoms with Gasteiger partial charge >= 0.3 is 5.97 Å². The molecule has 0 saturated heterocycles. The van der Waals surface area contributed by atoms with E-state index in [-0.39, 0.29) is 17.3 Å². The lowest BCUT2D eigenvalue weighted by Crippen LogP contribution is -2.27. The average Bonchev–Trinajstić information content (AvgIpc) is 2.95. The molecule has 0 bridgehead atoms. The van der Waals surface area contributed by atoms with E-state index < -0.39 is 15.0 Å². The number of methoxy groups -OCH3 is 1. The molecule has 0 aliphatic heterocycles. The number of hydrogen-bond acceptors (Lipinski definition) is 4. The molecule has 0 amide bonds. The van der Waals surface area contributed by atoms with Gasteiger partial charge in [-0.1, -0.05) is 51.1 Å². The lowest BCUT2D eigenvalue weighted by molar-refractivity contribution is 0.0533. The van der Waals surface area contributed by atoms with E-state index in [1.165, 1.54) is 7.11 Å². The van der Waals surface area contributed by atoms with Crippen molar-refractivity contribution in [2.75, 3.05) is 7.11 Å². The van der Waals surface area contributed by atoms with Crippen molar-refractivity contribution < 1.29 is 18.4 Å². The highest BCUT2D eigenvalue weighted by Crippen LogP contribution is 2.44. The third-order valence-corrected chi connectivity index (χ3v) is 4.56. The summed E-state index contributed by atoms with van der Waals surface area (Å²) < 4.78 is 16.9. The maximum atomic E-state index is 12.2. The highest BCUT2D eigenvalue weighted by Gasteiger charge is 2.36.